The van der Waals surface area contributed by atoms with E-state index in [2.05, 4.69) is 10.0 Å². The number of carbonyl (C=O) groups is 1. The van der Waals surface area contributed by atoms with Gasteiger partial charge in [0.25, 0.3) is 15.9 Å². The molecule has 0 bridgehead atoms. The van der Waals surface area contributed by atoms with Gasteiger partial charge in [0.05, 0.1) is 10.6 Å². The van der Waals surface area contributed by atoms with Gasteiger partial charge in [0, 0.05) is 12.1 Å². The van der Waals surface area contributed by atoms with E-state index in [0.717, 1.165) is 12.5 Å². The van der Waals surface area contributed by atoms with Crippen molar-refractivity contribution in [1.29, 1.82) is 0 Å². The lowest BCUT2D eigenvalue weighted by Crippen LogP contribution is -2.24. The Labute approximate surface area is 134 Å². The minimum absolute atomic E-state index is 0.00574. The van der Waals surface area contributed by atoms with Gasteiger partial charge in [-0.1, -0.05) is 13.0 Å². The smallest absolute Gasteiger partial charge is 0.261 e. The summed E-state index contributed by atoms with van der Waals surface area (Å²) in [5, 5.41) is 2.71. The Morgan fingerprint density at radius 3 is 2.43 bits per heavy atom. The van der Waals surface area contributed by atoms with Crippen molar-refractivity contribution in [3.8, 4) is 0 Å². The lowest BCUT2D eigenvalue weighted by Gasteiger charge is -2.09. The van der Waals surface area contributed by atoms with Gasteiger partial charge in [-0.05, 0) is 48.9 Å². The van der Waals surface area contributed by atoms with Crippen LogP contribution in [0.25, 0.3) is 0 Å². The van der Waals surface area contributed by atoms with E-state index in [1.807, 2.05) is 6.92 Å². The van der Waals surface area contributed by atoms with Gasteiger partial charge in [0.2, 0.25) is 0 Å². The first-order chi connectivity index (χ1) is 10.9. The molecular weight excluding hydrogens is 319 g/mol. The number of rotatable bonds is 6. The fraction of sp³-hybridized carbons (Fsp3) is 0.188. The fourth-order valence-electron chi connectivity index (χ4n) is 1.89. The molecule has 1 amide bonds. The number of benzene rings is 2. The van der Waals surface area contributed by atoms with Gasteiger partial charge in [-0.25, -0.2) is 12.8 Å². The Bertz CT molecular complexity index is 789. The number of nitrogens with one attached hydrogen (secondary N) is 2. The largest absolute Gasteiger partial charge is 0.352 e. The standard InChI is InChI=1S/C16H17FN2O3S/c1-2-10-18-16(20)12-6-8-15(9-7-12)23(21,22)19-14-5-3-4-13(17)11-14/h3-9,11,19H,2,10H2,1H3,(H,18,20). The zero-order valence-corrected chi connectivity index (χ0v) is 13.4. The highest BCUT2D eigenvalue weighted by atomic mass is 32.2. The van der Waals surface area contributed by atoms with Crippen molar-refractivity contribution in [3.63, 3.8) is 0 Å². The Kier molecular flexibility index (Phi) is 5.33. The predicted molar refractivity (Wildman–Crippen MR) is 86.3 cm³/mol. The molecule has 0 aliphatic rings. The summed E-state index contributed by atoms with van der Waals surface area (Å²) in [6.07, 6.45) is 0.815. The first-order valence-corrected chi connectivity index (χ1v) is 8.57. The highest BCUT2D eigenvalue weighted by Gasteiger charge is 2.15. The Balaban J connectivity index is 2.15. The van der Waals surface area contributed by atoms with Crippen molar-refractivity contribution >= 4 is 21.6 Å². The Morgan fingerprint density at radius 1 is 1.13 bits per heavy atom. The molecule has 0 aliphatic heterocycles. The zero-order valence-electron chi connectivity index (χ0n) is 12.5. The Morgan fingerprint density at radius 2 is 1.83 bits per heavy atom. The van der Waals surface area contributed by atoms with E-state index in [9.17, 15) is 17.6 Å². The van der Waals surface area contributed by atoms with Crippen LogP contribution in [0.4, 0.5) is 10.1 Å². The first kappa shape index (κ1) is 17.0. The van der Waals surface area contributed by atoms with Crippen LogP contribution in [0.2, 0.25) is 0 Å². The second-order valence-corrected chi connectivity index (χ2v) is 6.58. The van der Waals surface area contributed by atoms with E-state index < -0.39 is 15.8 Å². The van der Waals surface area contributed by atoms with Gasteiger partial charge in [-0.15, -0.1) is 0 Å². The van der Waals surface area contributed by atoms with E-state index in [0.29, 0.717) is 12.1 Å². The monoisotopic (exact) mass is 336 g/mol. The maximum atomic E-state index is 13.1. The summed E-state index contributed by atoms with van der Waals surface area (Å²) in [4.78, 5) is 11.8. The lowest BCUT2D eigenvalue weighted by atomic mass is 10.2. The molecule has 0 radical (unpaired) electrons. The number of amides is 1. The molecule has 0 heterocycles. The van der Waals surface area contributed by atoms with Crippen LogP contribution in [0.5, 0.6) is 0 Å². The third-order valence-corrected chi connectivity index (χ3v) is 4.44. The highest BCUT2D eigenvalue weighted by molar-refractivity contribution is 7.92. The van der Waals surface area contributed by atoms with Gasteiger partial charge >= 0.3 is 0 Å². The van der Waals surface area contributed by atoms with Crippen molar-refractivity contribution < 1.29 is 17.6 Å². The van der Waals surface area contributed by atoms with Crippen molar-refractivity contribution in [3.05, 3.63) is 59.9 Å². The topological polar surface area (TPSA) is 75.3 Å². The molecule has 0 fully saturated rings. The summed E-state index contributed by atoms with van der Waals surface area (Å²) in [5.41, 5.74) is 0.512. The van der Waals surface area contributed by atoms with E-state index in [-0.39, 0.29) is 16.5 Å². The maximum absolute atomic E-state index is 13.1. The molecule has 0 saturated carbocycles. The molecule has 23 heavy (non-hydrogen) atoms. The van der Waals surface area contributed by atoms with Crippen molar-refractivity contribution in [1.82, 2.24) is 5.32 Å². The first-order valence-electron chi connectivity index (χ1n) is 7.09. The van der Waals surface area contributed by atoms with Crippen LogP contribution in [0.3, 0.4) is 0 Å². The third kappa shape index (κ3) is 4.53. The average Bonchev–Trinajstić information content (AvgIpc) is 2.52. The molecular formula is C16H17FN2O3S. The Hall–Kier alpha value is -2.41. The van der Waals surface area contributed by atoms with Gasteiger partial charge in [0.15, 0.2) is 0 Å². The maximum Gasteiger partial charge on any atom is 0.261 e. The van der Waals surface area contributed by atoms with Crippen molar-refractivity contribution in [2.75, 3.05) is 11.3 Å². The number of halogens is 1. The number of hydrogen-bond donors (Lipinski definition) is 2. The van der Waals surface area contributed by atoms with Crippen LogP contribution in [-0.2, 0) is 10.0 Å². The number of hydrogen-bond acceptors (Lipinski definition) is 3. The quantitative estimate of drug-likeness (QED) is 0.852. The SMILES string of the molecule is CCCNC(=O)c1ccc(S(=O)(=O)Nc2cccc(F)c2)cc1. The summed E-state index contributed by atoms with van der Waals surface area (Å²) in [5.74, 6) is -0.790. The second-order valence-electron chi connectivity index (χ2n) is 4.90. The lowest BCUT2D eigenvalue weighted by molar-refractivity contribution is 0.0953. The second kappa shape index (κ2) is 7.23. The predicted octanol–water partition coefficient (Wildman–Crippen LogP) is 2.77. The minimum Gasteiger partial charge on any atom is -0.352 e. The van der Waals surface area contributed by atoms with E-state index >= 15 is 0 Å². The van der Waals surface area contributed by atoms with Gasteiger partial charge in [0.1, 0.15) is 5.82 Å². The van der Waals surface area contributed by atoms with Crippen LogP contribution >= 0.6 is 0 Å². The van der Waals surface area contributed by atoms with Crippen molar-refractivity contribution in [2.45, 2.75) is 18.2 Å². The molecule has 7 heteroatoms. The fourth-order valence-corrected chi connectivity index (χ4v) is 2.94. The van der Waals surface area contributed by atoms with E-state index in [1.165, 1.54) is 42.5 Å². The van der Waals surface area contributed by atoms with Crippen LogP contribution in [0.1, 0.15) is 23.7 Å². The summed E-state index contributed by atoms with van der Waals surface area (Å²) in [6.45, 7) is 2.49. The normalized spacial score (nSPS) is 11.0. The molecule has 2 rings (SSSR count). The minimum atomic E-state index is -3.84. The molecule has 5 nitrogen and oxygen atoms in total. The molecule has 2 aromatic carbocycles. The molecule has 0 aromatic heterocycles. The van der Waals surface area contributed by atoms with E-state index in [1.54, 1.807) is 0 Å². The molecule has 0 unspecified atom stereocenters. The molecule has 2 N–H and O–H groups in total. The van der Waals surface area contributed by atoms with Crippen LogP contribution in [0.15, 0.2) is 53.4 Å². The van der Waals surface area contributed by atoms with Crippen LogP contribution in [0, 0.1) is 5.82 Å². The number of carbonyl (C=O) groups excluding carboxylic acids is 1. The van der Waals surface area contributed by atoms with E-state index in [4.69, 9.17) is 0 Å². The molecule has 122 valence electrons. The molecule has 0 atom stereocenters. The van der Waals surface area contributed by atoms with Gasteiger partial charge in [-0.2, -0.15) is 0 Å². The number of anilines is 1. The summed E-state index contributed by atoms with van der Waals surface area (Å²) in [7, 11) is -3.84. The number of sulfonamides is 1. The summed E-state index contributed by atoms with van der Waals surface area (Å²) in [6, 6.07) is 10.7. The van der Waals surface area contributed by atoms with Gasteiger partial charge < -0.3 is 5.32 Å². The summed E-state index contributed by atoms with van der Waals surface area (Å²) < 4.78 is 39.9. The van der Waals surface area contributed by atoms with Gasteiger partial charge in [-0.3, -0.25) is 9.52 Å². The van der Waals surface area contributed by atoms with Crippen LogP contribution in [-0.4, -0.2) is 20.9 Å². The summed E-state index contributed by atoms with van der Waals surface area (Å²) >= 11 is 0. The molecule has 2 aromatic rings. The molecule has 0 saturated heterocycles. The van der Waals surface area contributed by atoms with Crippen LogP contribution < -0.4 is 10.0 Å². The third-order valence-electron chi connectivity index (χ3n) is 3.04. The van der Waals surface area contributed by atoms with Crippen molar-refractivity contribution in [2.24, 2.45) is 0 Å². The highest BCUT2D eigenvalue weighted by Crippen LogP contribution is 2.17. The zero-order chi connectivity index (χ0) is 16.9. The average molecular weight is 336 g/mol. The molecule has 0 spiro atoms. The molecule has 0 aliphatic carbocycles.